The number of nitrogens with one attached hydrogen (secondary N) is 1. The van der Waals surface area contributed by atoms with Gasteiger partial charge >= 0.3 is 0 Å². The van der Waals surface area contributed by atoms with E-state index >= 15 is 0 Å². The van der Waals surface area contributed by atoms with E-state index in [-0.39, 0.29) is 16.7 Å². The van der Waals surface area contributed by atoms with E-state index in [0.717, 1.165) is 18.5 Å². The summed E-state index contributed by atoms with van der Waals surface area (Å²) in [6.45, 7) is 5.52. The first-order valence-electron chi connectivity index (χ1n) is 12.1. The third kappa shape index (κ3) is 4.29. The quantitative estimate of drug-likeness (QED) is 0.541. The number of rotatable bonds is 7. The van der Waals surface area contributed by atoms with Gasteiger partial charge in [-0.3, -0.25) is 10.2 Å². The molecule has 3 heterocycles. The van der Waals surface area contributed by atoms with Crippen LogP contribution in [0.5, 0.6) is 17.4 Å². The van der Waals surface area contributed by atoms with E-state index in [0.29, 0.717) is 53.7 Å². The average molecular weight is 490 g/mol. The molecule has 1 aliphatic carbocycles. The van der Waals surface area contributed by atoms with E-state index in [1.165, 1.54) is 0 Å². The summed E-state index contributed by atoms with van der Waals surface area (Å²) >= 11 is 0. The third-order valence-corrected chi connectivity index (χ3v) is 6.88. The van der Waals surface area contributed by atoms with Gasteiger partial charge < -0.3 is 23.3 Å². The monoisotopic (exact) mass is 489 g/mol. The normalized spacial score (nSPS) is 18.3. The molecule has 3 aromatic rings. The number of fused-ring (bicyclic) bond motifs is 1. The standard InChI is InChI=1S/C27H31N5O4/c1-27(2)13-18(33)23-21(14-27)36-26-24(22(23)17-6-7-19(34-3)20(12-17)35-4)25(28)32(16-30-26)10-5-9-31-11-8-29-15-31/h6-8,11-12,15-16,22,28H,5,9-10,13-14H2,1-4H3. The molecule has 0 bridgehead atoms. The number of ether oxygens (including phenoxy) is 3. The number of hydrogen-bond donors (Lipinski definition) is 1. The Kier molecular flexibility index (Phi) is 6.15. The maximum absolute atomic E-state index is 13.5. The van der Waals surface area contributed by atoms with Crippen molar-refractivity contribution in [2.45, 2.75) is 52.1 Å². The number of aromatic nitrogens is 4. The summed E-state index contributed by atoms with van der Waals surface area (Å²) in [6.07, 6.45) is 8.96. The molecule has 0 radical (unpaired) electrons. The van der Waals surface area contributed by atoms with Gasteiger partial charge in [-0.25, -0.2) is 9.97 Å². The molecule has 1 unspecified atom stereocenters. The Balaban J connectivity index is 1.60. The molecule has 9 nitrogen and oxygen atoms in total. The molecule has 9 heteroatoms. The van der Waals surface area contributed by atoms with E-state index in [1.54, 1.807) is 33.1 Å². The Hall–Kier alpha value is -3.88. The summed E-state index contributed by atoms with van der Waals surface area (Å²) in [5, 5.41) is 9.12. The molecule has 1 aliphatic heterocycles. The summed E-state index contributed by atoms with van der Waals surface area (Å²) in [4.78, 5) is 22.2. The van der Waals surface area contributed by atoms with Gasteiger partial charge in [0.25, 0.3) is 0 Å². The van der Waals surface area contributed by atoms with Crippen LogP contribution in [0.3, 0.4) is 0 Å². The largest absolute Gasteiger partial charge is 0.493 e. The Morgan fingerprint density at radius 1 is 1.14 bits per heavy atom. The van der Waals surface area contributed by atoms with Gasteiger partial charge in [-0.05, 0) is 29.5 Å². The summed E-state index contributed by atoms with van der Waals surface area (Å²) < 4.78 is 21.1. The van der Waals surface area contributed by atoms with Gasteiger partial charge in [0.15, 0.2) is 17.3 Å². The minimum absolute atomic E-state index is 0.0431. The number of imidazole rings is 1. The highest BCUT2D eigenvalue weighted by Crippen LogP contribution is 2.49. The molecule has 1 aromatic carbocycles. The number of carbonyl (C=O) groups is 1. The predicted molar refractivity (Wildman–Crippen MR) is 132 cm³/mol. The summed E-state index contributed by atoms with van der Waals surface area (Å²) in [6, 6.07) is 5.64. The molecule has 0 saturated carbocycles. The minimum Gasteiger partial charge on any atom is -0.493 e. The summed E-state index contributed by atoms with van der Waals surface area (Å²) in [7, 11) is 3.18. The fourth-order valence-electron chi connectivity index (χ4n) is 5.18. The zero-order valence-electron chi connectivity index (χ0n) is 21.1. The highest BCUT2D eigenvalue weighted by Gasteiger charge is 2.43. The molecule has 2 aliphatic rings. The van der Waals surface area contributed by atoms with Crippen LogP contribution in [-0.2, 0) is 17.9 Å². The Labute approximate surface area is 209 Å². The molecule has 2 aromatic heterocycles. The molecule has 1 atom stereocenters. The second-order valence-electron chi connectivity index (χ2n) is 10.1. The number of carbonyl (C=O) groups excluding carboxylic acids is 1. The lowest BCUT2D eigenvalue weighted by atomic mass is 9.70. The Bertz CT molecular complexity index is 1390. The number of benzene rings is 1. The number of aryl methyl sites for hydroxylation is 2. The smallest absolute Gasteiger partial charge is 0.228 e. The van der Waals surface area contributed by atoms with E-state index in [2.05, 4.69) is 23.8 Å². The lowest BCUT2D eigenvalue weighted by Crippen LogP contribution is -2.37. The van der Waals surface area contributed by atoms with Crippen molar-refractivity contribution >= 4 is 5.78 Å². The van der Waals surface area contributed by atoms with Crippen molar-refractivity contribution in [1.29, 1.82) is 5.41 Å². The molecule has 0 spiro atoms. The second kappa shape index (κ2) is 9.29. The van der Waals surface area contributed by atoms with Crippen LogP contribution in [0.2, 0.25) is 0 Å². The SMILES string of the molecule is COc1ccc(C2C3=C(CC(C)(C)CC3=O)Oc3ncn(CCCn4ccnc4)c(=N)c32)cc1OC. The molecule has 0 fully saturated rings. The maximum Gasteiger partial charge on any atom is 0.228 e. The lowest BCUT2D eigenvalue weighted by Gasteiger charge is -2.38. The number of Topliss-reactive ketones (excluding diaryl/α,β-unsaturated/α-hetero) is 1. The first-order valence-corrected chi connectivity index (χ1v) is 12.1. The molecule has 0 amide bonds. The Morgan fingerprint density at radius 3 is 2.67 bits per heavy atom. The van der Waals surface area contributed by atoms with Crippen LogP contribution in [0, 0.1) is 10.8 Å². The highest BCUT2D eigenvalue weighted by molar-refractivity contribution is 6.00. The topological polar surface area (TPSA) is 104 Å². The summed E-state index contributed by atoms with van der Waals surface area (Å²) in [5.41, 5.74) is 2.12. The molecule has 1 N–H and O–H groups in total. The van der Waals surface area contributed by atoms with Gasteiger partial charge in [0.1, 0.15) is 17.6 Å². The lowest BCUT2D eigenvalue weighted by molar-refractivity contribution is -0.118. The van der Waals surface area contributed by atoms with Crippen LogP contribution in [0.1, 0.15) is 50.2 Å². The average Bonchev–Trinajstić information content (AvgIpc) is 3.36. The van der Waals surface area contributed by atoms with Crippen LogP contribution >= 0.6 is 0 Å². The van der Waals surface area contributed by atoms with Crippen LogP contribution in [-0.4, -0.2) is 39.1 Å². The zero-order valence-corrected chi connectivity index (χ0v) is 21.1. The fourth-order valence-corrected chi connectivity index (χ4v) is 5.18. The number of ketones is 1. The molecule has 36 heavy (non-hydrogen) atoms. The number of hydrogen-bond acceptors (Lipinski definition) is 7. The van der Waals surface area contributed by atoms with E-state index < -0.39 is 5.92 Å². The third-order valence-electron chi connectivity index (χ3n) is 6.88. The van der Waals surface area contributed by atoms with Gasteiger partial charge in [0.2, 0.25) is 5.88 Å². The van der Waals surface area contributed by atoms with Crippen molar-refractivity contribution in [3.8, 4) is 17.4 Å². The minimum atomic E-state index is -0.478. The predicted octanol–water partition coefficient (Wildman–Crippen LogP) is 3.83. The highest BCUT2D eigenvalue weighted by atomic mass is 16.5. The van der Waals surface area contributed by atoms with Crippen LogP contribution < -0.4 is 19.7 Å². The van der Waals surface area contributed by atoms with Crippen LogP contribution in [0.25, 0.3) is 0 Å². The molecular weight excluding hydrogens is 458 g/mol. The zero-order chi connectivity index (χ0) is 25.4. The number of methoxy groups -OCH3 is 2. The van der Waals surface area contributed by atoms with E-state index in [4.69, 9.17) is 19.6 Å². The van der Waals surface area contributed by atoms with E-state index in [1.807, 2.05) is 33.5 Å². The fraction of sp³-hybridized carbons (Fsp3) is 0.407. The second-order valence-corrected chi connectivity index (χ2v) is 10.1. The first-order chi connectivity index (χ1) is 17.3. The molecular formula is C27H31N5O4. The van der Waals surface area contributed by atoms with Crippen molar-refractivity contribution in [2.24, 2.45) is 5.41 Å². The van der Waals surface area contributed by atoms with Gasteiger partial charge in [-0.1, -0.05) is 19.9 Å². The maximum atomic E-state index is 13.5. The molecule has 5 rings (SSSR count). The summed E-state index contributed by atoms with van der Waals surface area (Å²) in [5.74, 6) is 1.76. The van der Waals surface area contributed by atoms with Crippen molar-refractivity contribution in [3.63, 3.8) is 0 Å². The number of nitrogens with zero attached hydrogens (tertiary/aromatic N) is 4. The van der Waals surface area contributed by atoms with E-state index in [9.17, 15) is 4.79 Å². The van der Waals surface area contributed by atoms with Gasteiger partial charge in [-0.2, -0.15) is 0 Å². The van der Waals surface area contributed by atoms with Crippen molar-refractivity contribution in [2.75, 3.05) is 14.2 Å². The van der Waals surface area contributed by atoms with Crippen molar-refractivity contribution in [1.82, 2.24) is 19.1 Å². The van der Waals surface area contributed by atoms with Crippen LogP contribution in [0.15, 0.2) is 54.6 Å². The molecule has 188 valence electrons. The van der Waals surface area contributed by atoms with Gasteiger partial charge in [0, 0.05) is 43.9 Å². The van der Waals surface area contributed by atoms with Crippen LogP contribution in [0.4, 0.5) is 0 Å². The first kappa shape index (κ1) is 23.8. The number of allylic oxidation sites excluding steroid dienone is 2. The molecule has 0 saturated heterocycles. The van der Waals surface area contributed by atoms with Gasteiger partial charge in [-0.15, -0.1) is 0 Å². The van der Waals surface area contributed by atoms with Crippen molar-refractivity contribution in [3.05, 3.63) is 71.2 Å². The Morgan fingerprint density at radius 2 is 1.94 bits per heavy atom. The van der Waals surface area contributed by atoms with Crippen molar-refractivity contribution < 1.29 is 19.0 Å². The van der Waals surface area contributed by atoms with Gasteiger partial charge in [0.05, 0.1) is 32.0 Å².